The summed E-state index contributed by atoms with van der Waals surface area (Å²) in [6.45, 7) is 2.18. The first-order chi connectivity index (χ1) is 12.2. The van der Waals surface area contributed by atoms with Gasteiger partial charge in [-0.05, 0) is 29.5 Å². The lowest BCUT2D eigenvalue weighted by atomic mass is 10.1. The van der Waals surface area contributed by atoms with Gasteiger partial charge in [0.2, 0.25) is 5.95 Å². The highest BCUT2D eigenvalue weighted by atomic mass is 16.3. The molecule has 128 valence electrons. The van der Waals surface area contributed by atoms with Crippen molar-refractivity contribution < 1.29 is 5.11 Å². The van der Waals surface area contributed by atoms with Crippen LogP contribution in [0.5, 0.6) is 0 Å². The molecule has 1 aliphatic heterocycles. The summed E-state index contributed by atoms with van der Waals surface area (Å²) in [5.74, 6) is 1.56. The van der Waals surface area contributed by atoms with Gasteiger partial charge in [0.05, 0.1) is 6.10 Å². The molecule has 1 saturated heterocycles. The fourth-order valence-corrected chi connectivity index (χ4v) is 3.30. The minimum atomic E-state index is -0.263. The van der Waals surface area contributed by atoms with Crippen molar-refractivity contribution in [3.63, 3.8) is 0 Å². The number of aromatic nitrogens is 3. The van der Waals surface area contributed by atoms with Gasteiger partial charge in [-0.15, -0.1) is 0 Å². The maximum absolute atomic E-state index is 9.73. The van der Waals surface area contributed by atoms with Gasteiger partial charge in [-0.1, -0.05) is 18.2 Å². The van der Waals surface area contributed by atoms with E-state index < -0.39 is 0 Å². The van der Waals surface area contributed by atoms with Gasteiger partial charge in [0, 0.05) is 50.7 Å². The van der Waals surface area contributed by atoms with Gasteiger partial charge in [-0.2, -0.15) is 4.98 Å². The summed E-state index contributed by atoms with van der Waals surface area (Å²) in [7, 11) is 2.00. The Morgan fingerprint density at radius 2 is 2.16 bits per heavy atom. The first kappa shape index (κ1) is 15.8. The summed E-state index contributed by atoms with van der Waals surface area (Å²) < 4.78 is 0. The number of pyridine rings is 1. The molecule has 1 N–H and O–H groups in total. The molecular formula is C19H21N5O. The van der Waals surface area contributed by atoms with Gasteiger partial charge >= 0.3 is 0 Å². The first-order valence-corrected chi connectivity index (χ1v) is 8.49. The lowest BCUT2D eigenvalue weighted by molar-refractivity contribution is 0.198. The molecule has 0 saturated carbocycles. The van der Waals surface area contributed by atoms with E-state index in [0.29, 0.717) is 19.0 Å². The molecule has 25 heavy (non-hydrogen) atoms. The lowest BCUT2D eigenvalue weighted by Gasteiger charge is -2.21. The zero-order chi connectivity index (χ0) is 17.2. The van der Waals surface area contributed by atoms with E-state index in [0.717, 1.165) is 24.2 Å². The van der Waals surface area contributed by atoms with Crippen molar-refractivity contribution >= 4 is 22.5 Å². The van der Waals surface area contributed by atoms with Crippen molar-refractivity contribution in [1.29, 1.82) is 0 Å². The number of hydrogen-bond acceptors (Lipinski definition) is 6. The number of β-amino-alcohol motifs (C(OH)–C–C–N with tert-alkyl or cyclic N) is 1. The third-order valence-corrected chi connectivity index (χ3v) is 4.64. The molecule has 1 aromatic carbocycles. The zero-order valence-electron chi connectivity index (χ0n) is 14.2. The third kappa shape index (κ3) is 3.25. The predicted molar refractivity (Wildman–Crippen MR) is 98.7 cm³/mol. The molecule has 3 aromatic rings. The lowest BCUT2D eigenvalue weighted by Crippen LogP contribution is -2.24. The van der Waals surface area contributed by atoms with Crippen LogP contribution >= 0.6 is 0 Å². The average Bonchev–Trinajstić information content (AvgIpc) is 3.09. The molecule has 0 radical (unpaired) electrons. The van der Waals surface area contributed by atoms with E-state index in [1.54, 1.807) is 6.20 Å². The van der Waals surface area contributed by atoms with Crippen LogP contribution in [0.15, 0.2) is 48.9 Å². The van der Waals surface area contributed by atoms with Crippen molar-refractivity contribution in [3.05, 3.63) is 54.5 Å². The number of fused-ring (bicyclic) bond motifs is 1. The molecule has 1 atom stereocenters. The van der Waals surface area contributed by atoms with E-state index >= 15 is 0 Å². The fraction of sp³-hybridized carbons (Fsp3) is 0.316. The number of benzene rings is 1. The minimum Gasteiger partial charge on any atom is -0.391 e. The zero-order valence-corrected chi connectivity index (χ0v) is 14.2. The van der Waals surface area contributed by atoms with E-state index in [2.05, 4.69) is 38.1 Å². The van der Waals surface area contributed by atoms with E-state index in [1.807, 2.05) is 36.5 Å². The molecule has 6 heteroatoms. The molecule has 0 bridgehead atoms. The van der Waals surface area contributed by atoms with Crippen LogP contribution in [-0.2, 0) is 6.54 Å². The van der Waals surface area contributed by atoms with Gasteiger partial charge < -0.3 is 14.9 Å². The number of hydrogen-bond donors (Lipinski definition) is 1. The molecule has 1 aliphatic rings. The maximum Gasteiger partial charge on any atom is 0.227 e. The first-order valence-electron chi connectivity index (χ1n) is 8.49. The normalized spacial score (nSPS) is 17.2. The molecule has 2 aromatic heterocycles. The van der Waals surface area contributed by atoms with E-state index in [-0.39, 0.29) is 6.10 Å². The fourth-order valence-electron chi connectivity index (χ4n) is 3.30. The van der Waals surface area contributed by atoms with Gasteiger partial charge in [0.25, 0.3) is 0 Å². The van der Waals surface area contributed by atoms with E-state index in [4.69, 9.17) is 0 Å². The molecule has 1 fully saturated rings. The Kier molecular flexibility index (Phi) is 4.19. The number of aliphatic hydroxyl groups excluding tert-OH is 1. The number of anilines is 2. The van der Waals surface area contributed by atoms with Gasteiger partial charge in [-0.25, -0.2) is 4.98 Å². The second kappa shape index (κ2) is 6.64. The Labute approximate surface area is 146 Å². The highest BCUT2D eigenvalue weighted by Gasteiger charge is 2.22. The van der Waals surface area contributed by atoms with Crippen LogP contribution in [0.3, 0.4) is 0 Å². The number of nitrogens with zero attached hydrogens (tertiary/aromatic N) is 5. The van der Waals surface area contributed by atoms with Crippen LogP contribution in [0.2, 0.25) is 0 Å². The Balaban J connectivity index is 1.57. The Hall–Kier alpha value is -2.73. The Morgan fingerprint density at radius 1 is 1.24 bits per heavy atom. The van der Waals surface area contributed by atoms with E-state index in [1.165, 1.54) is 10.9 Å². The maximum atomic E-state index is 9.73. The molecule has 4 rings (SSSR count). The quantitative estimate of drug-likeness (QED) is 0.789. The van der Waals surface area contributed by atoms with Crippen LogP contribution in [-0.4, -0.2) is 46.3 Å². The van der Waals surface area contributed by atoms with Gasteiger partial charge in [0.15, 0.2) is 0 Å². The van der Waals surface area contributed by atoms with Crippen LogP contribution < -0.4 is 9.80 Å². The van der Waals surface area contributed by atoms with Crippen LogP contribution in [0.1, 0.15) is 12.0 Å². The Bertz CT molecular complexity index is 879. The minimum absolute atomic E-state index is 0.263. The molecule has 0 aliphatic carbocycles. The molecule has 1 unspecified atom stereocenters. The highest BCUT2D eigenvalue weighted by molar-refractivity contribution is 5.84. The molecule has 3 heterocycles. The van der Waals surface area contributed by atoms with Gasteiger partial charge in [0.1, 0.15) is 5.82 Å². The molecule has 0 amide bonds. The van der Waals surface area contributed by atoms with Crippen LogP contribution in [0, 0.1) is 0 Å². The second-order valence-corrected chi connectivity index (χ2v) is 6.47. The average molecular weight is 335 g/mol. The monoisotopic (exact) mass is 335 g/mol. The third-order valence-electron chi connectivity index (χ3n) is 4.64. The van der Waals surface area contributed by atoms with Crippen molar-refractivity contribution in [2.75, 3.05) is 29.9 Å². The van der Waals surface area contributed by atoms with E-state index in [9.17, 15) is 5.11 Å². The van der Waals surface area contributed by atoms with Crippen molar-refractivity contribution in [3.8, 4) is 0 Å². The molecule has 6 nitrogen and oxygen atoms in total. The summed E-state index contributed by atoms with van der Waals surface area (Å²) in [6.07, 6.45) is 6.02. The Morgan fingerprint density at radius 3 is 3.00 bits per heavy atom. The highest BCUT2D eigenvalue weighted by Crippen LogP contribution is 2.22. The SMILES string of the molecule is CN(Cc1cccc2cnccc12)c1nccc(N2CCC(O)C2)n1. The predicted octanol–water partition coefficient (Wildman–Crippen LogP) is 2.23. The smallest absolute Gasteiger partial charge is 0.227 e. The topological polar surface area (TPSA) is 65.4 Å². The molecular weight excluding hydrogens is 314 g/mol. The molecule has 0 spiro atoms. The van der Waals surface area contributed by atoms with Crippen LogP contribution in [0.25, 0.3) is 10.8 Å². The van der Waals surface area contributed by atoms with Crippen LogP contribution in [0.4, 0.5) is 11.8 Å². The summed E-state index contributed by atoms with van der Waals surface area (Å²) in [5.41, 5.74) is 1.22. The summed E-state index contributed by atoms with van der Waals surface area (Å²) in [5, 5.41) is 12.1. The standard InChI is InChI=1S/C19H21N5O/c1-23(12-15-4-2-3-14-11-20-8-5-17(14)15)19-21-9-6-18(22-19)24-10-7-16(25)13-24/h2-6,8-9,11,16,25H,7,10,12-13H2,1H3. The van der Waals surface area contributed by atoms with Crippen molar-refractivity contribution in [2.45, 2.75) is 19.1 Å². The van der Waals surface area contributed by atoms with Crippen molar-refractivity contribution in [2.24, 2.45) is 0 Å². The summed E-state index contributed by atoms with van der Waals surface area (Å²) in [6, 6.07) is 10.2. The summed E-state index contributed by atoms with van der Waals surface area (Å²) >= 11 is 0. The summed E-state index contributed by atoms with van der Waals surface area (Å²) in [4.78, 5) is 17.4. The van der Waals surface area contributed by atoms with Gasteiger partial charge in [-0.3, -0.25) is 4.98 Å². The second-order valence-electron chi connectivity index (χ2n) is 6.47. The van der Waals surface area contributed by atoms with Crippen molar-refractivity contribution in [1.82, 2.24) is 15.0 Å². The largest absolute Gasteiger partial charge is 0.391 e. The number of rotatable bonds is 4. The number of aliphatic hydroxyl groups is 1.